The van der Waals surface area contributed by atoms with Crippen LogP contribution in [0.4, 0.5) is 5.69 Å². The van der Waals surface area contributed by atoms with Gasteiger partial charge in [0, 0.05) is 12.1 Å². The zero-order chi connectivity index (χ0) is 24.1. The van der Waals surface area contributed by atoms with E-state index in [9.17, 15) is 24.3 Å². The van der Waals surface area contributed by atoms with Gasteiger partial charge in [0.1, 0.15) is 11.8 Å². The van der Waals surface area contributed by atoms with Crippen LogP contribution in [-0.2, 0) is 23.6 Å². The van der Waals surface area contributed by atoms with Crippen molar-refractivity contribution in [3.05, 3.63) is 34.4 Å². The van der Waals surface area contributed by atoms with Gasteiger partial charge in [-0.2, -0.15) is 0 Å². The highest BCUT2D eigenvalue weighted by Gasteiger charge is 2.35. The normalized spacial score (nSPS) is 14.6. The maximum atomic E-state index is 13.6. The second kappa shape index (κ2) is 13.9. The van der Waals surface area contributed by atoms with E-state index >= 15 is 0 Å². The lowest BCUT2D eigenvalue weighted by atomic mass is 10.2. The number of ether oxygens (including phenoxy) is 2. The first-order valence-corrected chi connectivity index (χ1v) is 12.6. The first-order chi connectivity index (χ1) is 15.1. The lowest BCUT2D eigenvalue weighted by Crippen LogP contribution is -2.36. The number of non-ortho nitro benzene ring substituents is 1. The lowest BCUT2D eigenvalue weighted by molar-refractivity contribution is -0.384. The molecule has 1 rings (SSSR count). The number of hydrogen-bond donors (Lipinski definition) is 1. The van der Waals surface area contributed by atoms with Gasteiger partial charge in [-0.05, 0) is 31.9 Å². The summed E-state index contributed by atoms with van der Waals surface area (Å²) in [5.41, 5.74) is -0.152. The lowest BCUT2D eigenvalue weighted by Gasteiger charge is -2.25. The second-order valence-corrected chi connectivity index (χ2v) is 9.64. The molecular weight excluding hydrogens is 439 g/mol. The third-order valence-corrected chi connectivity index (χ3v) is 6.76. The highest BCUT2D eigenvalue weighted by atomic mass is 31.2. The fourth-order valence-corrected chi connectivity index (χ4v) is 4.86. The Kier molecular flexibility index (Phi) is 11.9. The van der Waals surface area contributed by atoms with Crippen LogP contribution in [0.25, 0.3) is 0 Å². The minimum atomic E-state index is -3.80. The van der Waals surface area contributed by atoms with Crippen molar-refractivity contribution in [1.82, 2.24) is 5.09 Å². The van der Waals surface area contributed by atoms with Gasteiger partial charge in [-0.25, -0.2) is 5.09 Å². The Labute approximate surface area is 188 Å². The summed E-state index contributed by atoms with van der Waals surface area (Å²) in [5, 5.41) is 13.5. The Hall–Kier alpha value is -2.45. The van der Waals surface area contributed by atoms with Gasteiger partial charge in [-0.1, -0.05) is 33.6 Å². The minimum Gasteiger partial charge on any atom is -0.465 e. The number of carbonyl (C=O) groups excluding carboxylic acids is 2. The Bertz CT molecular complexity index is 765. The molecular formula is C21H33N2O8P. The molecule has 180 valence electrons. The molecule has 0 aliphatic carbocycles. The summed E-state index contributed by atoms with van der Waals surface area (Å²) >= 11 is 0. The van der Waals surface area contributed by atoms with Gasteiger partial charge in [0.05, 0.1) is 30.2 Å². The molecule has 1 aromatic rings. The third kappa shape index (κ3) is 9.78. The largest absolute Gasteiger partial charge is 0.465 e. The van der Waals surface area contributed by atoms with E-state index in [0.29, 0.717) is 12.8 Å². The van der Waals surface area contributed by atoms with E-state index in [1.165, 1.54) is 31.2 Å². The molecule has 1 N–H and O–H groups in total. The molecule has 3 atom stereocenters. The van der Waals surface area contributed by atoms with Gasteiger partial charge in [-0.15, -0.1) is 0 Å². The van der Waals surface area contributed by atoms with Crippen LogP contribution in [0.15, 0.2) is 24.3 Å². The Morgan fingerprint density at radius 1 is 1.03 bits per heavy atom. The summed E-state index contributed by atoms with van der Waals surface area (Å²) < 4.78 is 29.6. The number of esters is 2. The number of nitrogens with one attached hydrogen (secondary N) is 1. The minimum absolute atomic E-state index is 0.101. The molecule has 10 nitrogen and oxygen atoms in total. The molecule has 0 spiro atoms. The van der Waals surface area contributed by atoms with Gasteiger partial charge < -0.3 is 14.0 Å². The highest BCUT2D eigenvalue weighted by Crippen LogP contribution is 2.45. The van der Waals surface area contributed by atoms with Crippen molar-refractivity contribution in [3.63, 3.8) is 0 Å². The number of unbranched alkanes of at least 4 members (excludes halogenated alkanes) is 2. The molecule has 11 heteroatoms. The summed E-state index contributed by atoms with van der Waals surface area (Å²) in [4.78, 5) is 34.8. The summed E-state index contributed by atoms with van der Waals surface area (Å²) in [6, 6.07) is 4.08. The average molecular weight is 472 g/mol. The predicted molar refractivity (Wildman–Crippen MR) is 120 cm³/mol. The smallest absolute Gasteiger partial charge is 0.323 e. The zero-order valence-electron chi connectivity index (χ0n) is 19.1. The van der Waals surface area contributed by atoms with Crippen molar-refractivity contribution in [3.8, 4) is 5.75 Å². The number of rotatable bonds is 15. The van der Waals surface area contributed by atoms with Crippen LogP contribution in [0.1, 0.15) is 53.4 Å². The maximum Gasteiger partial charge on any atom is 0.323 e. The number of nitrogens with zero attached hydrogens (tertiary/aromatic N) is 1. The van der Waals surface area contributed by atoms with Crippen LogP contribution < -0.4 is 9.61 Å². The highest BCUT2D eigenvalue weighted by molar-refractivity contribution is 7.57. The van der Waals surface area contributed by atoms with Crippen LogP contribution >= 0.6 is 7.52 Å². The van der Waals surface area contributed by atoms with Crippen LogP contribution in [0, 0.1) is 16.0 Å². The monoisotopic (exact) mass is 472 g/mol. The Morgan fingerprint density at radius 3 is 2.06 bits per heavy atom. The molecule has 0 aromatic heterocycles. The summed E-state index contributed by atoms with van der Waals surface area (Å²) in [7, 11) is -3.80. The van der Waals surface area contributed by atoms with Crippen molar-refractivity contribution in [2.45, 2.75) is 59.4 Å². The molecule has 1 unspecified atom stereocenters. The molecule has 0 aliphatic rings. The fourth-order valence-electron chi connectivity index (χ4n) is 2.60. The fraction of sp³-hybridized carbons (Fsp3) is 0.619. The summed E-state index contributed by atoms with van der Waals surface area (Å²) in [5.74, 6) is -1.79. The van der Waals surface area contributed by atoms with Crippen molar-refractivity contribution in [2.24, 2.45) is 5.92 Å². The molecule has 0 saturated carbocycles. The third-order valence-electron chi connectivity index (χ3n) is 4.45. The number of nitro benzene ring substituents is 1. The van der Waals surface area contributed by atoms with Gasteiger partial charge in [0.2, 0.25) is 0 Å². The van der Waals surface area contributed by atoms with Gasteiger partial charge in [0.15, 0.2) is 0 Å². The Balaban J connectivity index is 2.97. The molecule has 0 amide bonds. The quantitative estimate of drug-likeness (QED) is 0.129. The van der Waals surface area contributed by atoms with Crippen molar-refractivity contribution >= 4 is 25.1 Å². The topological polar surface area (TPSA) is 134 Å². The number of carbonyl (C=O) groups is 2. The second-order valence-electron chi connectivity index (χ2n) is 7.49. The van der Waals surface area contributed by atoms with E-state index in [1.54, 1.807) is 6.92 Å². The van der Waals surface area contributed by atoms with Crippen LogP contribution in [0.2, 0.25) is 0 Å². The molecule has 0 saturated heterocycles. The number of hydrogen-bond acceptors (Lipinski definition) is 8. The van der Waals surface area contributed by atoms with Crippen molar-refractivity contribution < 1.29 is 33.1 Å². The first kappa shape index (κ1) is 27.6. The SMILES string of the molecule is CCCCOC(=O)[C@H](C)CP(=O)(N[C@@H](C)C(=O)OCCCC)Oc1ccc([N+](=O)[O-])cc1. The first-order valence-electron chi connectivity index (χ1n) is 10.8. The van der Waals surface area contributed by atoms with E-state index in [2.05, 4.69) is 5.09 Å². The molecule has 32 heavy (non-hydrogen) atoms. The van der Waals surface area contributed by atoms with Crippen molar-refractivity contribution in [1.29, 1.82) is 0 Å². The van der Waals surface area contributed by atoms with E-state index in [0.717, 1.165) is 12.8 Å². The standard InChI is InChI=1S/C21H33N2O8P/c1-5-7-13-29-20(24)16(3)15-32(28,22-17(4)21(25)30-14-8-6-2)31-19-11-9-18(10-12-19)23(26)27/h9-12,16-17H,5-8,13-15H2,1-4H3,(H,22,28)/t16-,17+,32?/m1/s1. The summed E-state index contributed by atoms with van der Waals surface area (Å²) in [6.07, 6.45) is 2.91. The Morgan fingerprint density at radius 2 is 1.56 bits per heavy atom. The molecule has 0 radical (unpaired) electrons. The van der Waals surface area contributed by atoms with E-state index in [-0.39, 0.29) is 30.8 Å². The molecule has 0 bridgehead atoms. The van der Waals surface area contributed by atoms with Crippen molar-refractivity contribution in [2.75, 3.05) is 19.4 Å². The van der Waals surface area contributed by atoms with Gasteiger partial charge >= 0.3 is 19.5 Å². The molecule has 0 heterocycles. The zero-order valence-corrected chi connectivity index (χ0v) is 20.0. The predicted octanol–water partition coefficient (Wildman–Crippen LogP) is 4.47. The number of nitro groups is 1. The molecule has 1 aromatic carbocycles. The maximum absolute atomic E-state index is 13.6. The number of benzene rings is 1. The van der Waals surface area contributed by atoms with E-state index in [4.69, 9.17) is 14.0 Å². The van der Waals surface area contributed by atoms with Crippen LogP contribution in [0.3, 0.4) is 0 Å². The van der Waals surface area contributed by atoms with E-state index < -0.39 is 36.3 Å². The average Bonchev–Trinajstić information content (AvgIpc) is 2.73. The van der Waals surface area contributed by atoms with Crippen LogP contribution in [-0.4, -0.2) is 42.3 Å². The van der Waals surface area contributed by atoms with Gasteiger partial charge in [-0.3, -0.25) is 24.3 Å². The molecule has 0 fully saturated rings. The van der Waals surface area contributed by atoms with Crippen LogP contribution in [0.5, 0.6) is 5.75 Å². The molecule has 0 aliphatic heterocycles. The van der Waals surface area contributed by atoms with Gasteiger partial charge in [0.25, 0.3) is 5.69 Å². The van der Waals surface area contributed by atoms with E-state index in [1.807, 2.05) is 13.8 Å². The summed E-state index contributed by atoms with van der Waals surface area (Å²) in [6.45, 7) is 7.49.